The summed E-state index contributed by atoms with van der Waals surface area (Å²) < 4.78 is 0. The largest absolute Gasteiger partial charge is 0.340 e. The molecule has 19 heavy (non-hydrogen) atoms. The van der Waals surface area contributed by atoms with Gasteiger partial charge in [0.25, 0.3) is 0 Å². The highest BCUT2D eigenvalue weighted by Gasteiger charge is 2.27. The number of hydrogen-bond acceptors (Lipinski definition) is 3. The van der Waals surface area contributed by atoms with Crippen LogP contribution < -0.4 is 5.73 Å². The summed E-state index contributed by atoms with van der Waals surface area (Å²) in [5, 5.41) is 0. The molecule has 1 saturated heterocycles. The molecule has 2 N–H and O–H groups in total. The first-order valence-electron chi connectivity index (χ1n) is 7.02. The first-order chi connectivity index (χ1) is 9.26. The fourth-order valence-electron chi connectivity index (χ4n) is 2.57. The van der Waals surface area contributed by atoms with Gasteiger partial charge in [0.15, 0.2) is 0 Å². The Kier molecular flexibility index (Phi) is 4.93. The molecule has 0 spiro atoms. The van der Waals surface area contributed by atoms with Crippen LogP contribution in [-0.2, 0) is 4.79 Å². The summed E-state index contributed by atoms with van der Waals surface area (Å²) in [5.41, 5.74) is 6.83. The molecule has 1 heterocycles. The van der Waals surface area contributed by atoms with Crippen LogP contribution in [0.2, 0.25) is 0 Å². The molecule has 1 aliphatic rings. The van der Waals surface area contributed by atoms with Crippen molar-refractivity contribution in [3.8, 4) is 0 Å². The number of carbonyl (C=O) groups is 1. The van der Waals surface area contributed by atoms with Crippen LogP contribution in [0.5, 0.6) is 0 Å². The molecule has 4 nitrogen and oxygen atoms in total. The van der Waals surface area contributed by atoms with E-state index in [1.54, 1.807) is 0 Å². The van der Waals surface area contributed by atoms with Gasteiger partial charge in [-0.15, -0.1) is 0 Å². The number of rotatable bonds is 4. The van der Waals surface area contributed by atoms with Crippen molar-refractivity contribution in [2.45, 2.75) is 12.8 Å². The van der Waals surface area contributed by atoms with E-state index in [4.69, 9.17) is 5.73 Å². The third-order valence-corrected chi connectivity index (χ3v) is 3.87. The Bertz CT molecular complexity index is 399. The summed E-state index contributed by atoms with van der Waals surface area (Å²) in [6.45, 7) is 7.15. The van der Waals surface area contributed by atoms with Gasteiger partial charge in [0, 0.05) is 32.7 Å². The number of hydrogen-bond donors (Lipinski definition) is 1. The topological polar surface area (TPSA) is 49.6 Å². The van der Waals surface area contributed by atoms with Crippen molar-refractivity contribution in [3.63, 3.8) is 0 Å². The quantitative estimate of drug-likeness (QED) is 0.876. The summed E-state index contributed by atoms with van der Waals surface area (Å²) in [6.07, 6.45) is 0. The van der Waals surface area contributed by atoms with Gasteiger partial charge in [0.1, 0.15) is 0 Å². The molecule has 1 amide bonds. The molecular formula is C15H23N3O. The van der Waals surface area contributed by atoms with Gasteiger partial charge in [-0.1, -0.05) is 37.3 Å². The standard InChI is InChI=1S/C15H23N3O/c1-2-17-8-10-18(11-9-17)15(19)14(12-16)13-6-4-3-5-7-13/h3-7,14H,2,8-12,16H2,1H3. The molecule has 0 aliphatic carbocycles. The molecule has 1 aromatic rings. The summed E-state index contributed by atoms with van der Waals surface area (Å²) in [4.78, 5) is 16.9. The lowest BCUT2D eigenvalue weighted by molar-refractivity contribution is -0.134. The number of nitrogens with two attached hydrogens (primary N) is 1. The van der Waals surface area contributed by atoms with Gasteiger partial charge < -0.3 is 15.5 Å². The summed E-state index contributed by atoms with van der Waals surface area (Å²) in [7, 11) is 0. The average Bonchev–Trinajstić information content (AvgIpc) is 2.49. The molecule has 1 aromatic carbocycles. The summed E-state index contributed by atoms with van der Waals surface area (Å²) >= 11 is 0. The lowest BCUT2D eigenvalue weighted by Gasteiger charge is -2.35. The van der Waals surface area contributed by atoms with E-state index in [2.05, 4.69) is 11.8 Å². The number of carbonyl (C=O) groups excluding carboxylic acids is 1. The molecular weight excluding hydrogens is 238 g/mol. The van der Waals surface area contributed by atoms with E-state index in [1.807, 2.05) is 35.2 Å². The highest BCUT2D eigenvalue weighted by Crippen LogP contribution is 2.18. The Morgan fingerprint density at radius 1 is 1.21 bits per heavy atom. The van der Waals surface area contributed by atoms with Gasteiger partial charge in [-0.05, 0) is 12.1 Å². The van der Waals surface area contributed by atoms with Gasteiger partial charge in [-0.25, -0.2) is 0 Å². The lowest BCUT2D eigenvalue weighted by Crippen LogP contribution is -2.50. The van der Waals surface area contributed by atoms with Crippen LogP contribution in [-0.4, -0.2) is 55.0 Å². The first-order valence-corrected chi connectivity index (χ1v) is 7.02. The Labute approximate surface area is 115 Å². The molecule has 1 unspecified atom stereocenters. The number of benzene rings is 1. The first kappa shape index (κ1) is 14.0. The monoisotopic (exact) mass is 261 g/mol. The maximum absolute atomic E-state index is 12.6. The van der Waals surface area contributed by atoms with Gasteiger partial charge in [-0.3, -0.25) is 4.79 Å². The predicted octanol–water partition coefficient (Wildman–Crippen LogP) is 0.893. The van der Waals surface area contributed by atoms with Crippen LogP contribution in [0.15, 0.2) is 30.3 Å². The predicted molar refractivity (Wildman–Crippen MR) is 76.9 cm³/mol. The van der Waals surface area contributed by atoms with Crippen LogP contribution in [0.1, 0.15) is 18.4 Å². The second kappa shape index (κ2) is 6.68. The number of piperazine rings is 1. The molecule has 0 saturated carbocycles. The lowest BCUT2D eigenvalue weighted by atomic mass is 9.97. The smallest absolute Gasteiger partial charge is 0.231 e. The van der Waals surface area contributed by atoms with Crippen LogP contribution in [0.4, 0.5) is 0 Å². The van der Waals surface area contributed by atoms with Crippen molar-refractivity contribution in [3.05, 3.63) is 35.9 Å². The highest BCUT2D eigenvalue weighted by molar-refractivity contribution is 5.84. The zero-order valence-corrected chi connectivity index (χ0v) is 11.6. The second-order valence-corrected chi connectivity index (χ2v) is 4.96. The Hall–Kier alpha value is -1.39. The average molecular weight is 261 g/mol. The number of likely N-dealkylation sites (N-methyl/N-ethyl adjacent to an activating group) is 1. The second-order valence-electron chi connectivity index (χ2n) is 4.96. The SMILES string of the molecule is CCN1CCN(C(=O)C(CN)c2ccccc2)CC1. The van der Waals surface area contributed by atoms with Gasteiger partial charge in [-0.2, -0.15) is 0 Å². The minimum Gasteiger partial charge on any atom is -0.340 e. The van der Waals surface area contributed by atoms with Crippen LogP contribution in [0, 0.1) is 0 Å². The summed E-state index contributed by atoms with van der Waals surface area (Å²) in [5.74, 6) is -0.0289. The van der Waals surface area contributed by atoms with Crippen molar-refractivity contribution < 1.29 is 4.79 Å². The molecule has 0 bridgehead atoms. The van der Waals surface area contributed by atoms with Crippen molar-refractivity contribution in [1.29, 1.82) is 0 Å². The van der Waals surface area contributed by atoms with Crippen LogP contribution in [0.3, 0.4) is 0 Å². The third-order valence-electron chi connectivity index (χ3n) is 3.87. The molecule has 4 heteroatoms. The fourth-order valence-corrected chi connectivity index (χ4v) is 2.57. The highest BCUT2D eigenvalue weighted by atomic mass is 16.2. The van der Waals surface area contributed by atoms with E-state index in [0.29, 0.717) is 6.54 Å². The third kappa shape index (κ3) is 3.33. The zero-order chi connectivity index (χ0) is 13.7. The van der Waals surface area contributed by atoms with E-state index >= 15 is 0 Å². The van der Waals surface area contributed by atoms with Crippen molar-refractivity contribution in [2.75, 3.05) is 39.3 Å². The van der Waals surface area contributed by atoms with E-state index < -0.39 is 0 Å². The van der Waals surface area contributed by atoms with Gasteiger partial charge >= 0.3 is 0 Å². The molecule has 1 aliphatic heterocycles. The number of nitrogens with zero attached hydrogens (tertiary/aromatic N) is 2. The zero-order valence-electron chi connectivity index (χ0n) is 11.6. The van der Waals surface area contributed by atoms with E-state index in [-0.39, 0.29) is 11.8 Å². The van der Waals surface area contributed by atoms with Gasteiger partial charge in [0.2, 0.25) is 5.91 Å². The number of amides is 1. The minimum atomic E-state index is -0.200. The van der Waals surface area contributed by atoms with Gasteiger partial charge in [0.05, 0.1) is 5.92 Å². The molecule has 0 aromatic heterocycles. The normalized spacial score (nSPS) is 18.3. The minimum absolute atomic E-state index is 0.171. The van der Waals surface area contributed by atoms with Crippen molar-refractivity contribution >= 4 is 5.91 Å². The molecule has 104 valence electrons. The van der Waals surface area contributed by atoms with E-state index in [9.17, 15) is 4.79 Å². The fraction of sp³-hybridized carbons (Fsp3) is 0.533. The maximum atomic E-state index is 12.6. The van der Waals surface area contributed by atoms with Crippen molar-refractivity contribution in [2.24, 2.45) is 5.73 Å². The van der Waals surface area contributed by atoms with Crippen molar-refractivity contribution in [1.82, 2.24) is 9.80 Å². The Morgan fingerprint density at radius 2 is 1.84 bits per heavy atom. The molecule has 1 fully saturated rings. The Morgan fingerprint density at radius 3 is 2.37 bits per heavy atom. The molecule has 2 rings (SSSR count). The van der Waals surface area contributed by atoms with E-state index in [1.165, 1.54) is 0 Å². The maximum Gasteiger partial charge on any atom is 0.231 e. The van der Waals surface area contributed by atoms with E-state index in [0.717, 1.165) is 38.3 Å². The molecule has 0 radical (unpaired) electrons. The van der Waals surface area contributed by atoms with Crippen LogP contribution >= 0.6 is 0 Å². The molecule has 1 atom stereocenters. The van der Waals surface area contributed by atoms with Crippen LogP contribution in [0.25, 0.3) is 0 Å². The summed E-state index contributed by atoms with van der Waals surface area (Å²) in [6, 6.07) is 9.84. The Balaban J connectivity index is 2.02.